The third kappa shape index (κ3) is 4.81. The molecule has 0 radical (unpaired) electrons. The van der Waals surface area contributed by atoms with Gasteiger partial charge in [0.25, 0.3) is 0 Å². The Bertz CT molecular complexity index is 259. The lowest BCUT2D eigenvalue weighted by atomic mass is 10.1. The SMILES string of the molecule is CCC[C@@H](N)CN(CCC)Cc1ccco1. The zero-order valence-electron chi connectivity index (χ0n) is 10.5. The van der Waals surface area contributed by atoms with E-state index in [2.05, 4.69) is 18.7 Å². The second kappa shape index (κ2) is 7.47. The van der Waals surface area contributed by atoms with Gasteiger partial charge in [-0.2, -0.15) is 0 Å². The molecule has 0 unspecified atom stereocenters. The number of hydrogen-bond donors (Lipinski definition) is 1. The lowest BCUT2D eigenvalue weighted by molar-refractivity contribution is 0.226. The summed E-state index contributed by atoms with van der Waals surface area (Å²) in [7, 11) is 0. The van der Waals surface area contributed by atoms with Crippen molar-refractivity contribution < 1.29 is 4.42 Å². The summed E-state index contributed by atoms with van der Waals surface area (Å²) in [4.78, 5) is 2.37. The Morgan fingerprint density at radius 3 is 2.75 bits per heavy atom. The van der Waals surface area contributed by atoms with Crippen molar-refractivity contribution in [3.63, 3.8) is 0 Å². The molecule has 16 heavy (non-hydrogen) atoms. The van der Waals surface area contributed by atoms with E-state index in [9.17, 15) is 0 Å². The predicted octanol–water partition coefficient (Wildman–Crippen LogP) is 2.62. The highest BCUT2D eigenvalue weighted by Crippen LogP contribution is 2.07. The van der Waals surface area contributed by atoms with Crippen LogP contribution in [0.4, 0.5) is 0 Å². The zero-order valence-corrected chi connectivity index (χ0v) is 10.5. The Morgan fingerprint density at radius 1 is 1.38 bits per heavy atom. The molecule has 0 aliphatic carbocycles. The van der Waals surface area contributed by atoms with Gasteiger partial charge in [-0.1, -0.05) is 20.3 Å². The Kier molecular flexibility index (Phi) is 6.19. The molecular weight excluding hydrogens is 200 g/mol. The van der Waals surface area contributed by atoms with Gasteiger partial charge in [-0.25, -0.2) is 0 Å². The van der Waals surface area contributed by atoms with E-state index in [1.54, 1.807) is 6.26 Å². The van der Waals surface area contributed by atoms with Crippen LogP contribution in [0.2, 0.25) is 0 Å². The van der Waals surface area contributed by atoms with Crippen molar-refractivity contribution >= 4 is 0 Å². The number of nitrogens with two attached hydrogens (primary N) is 1. The Labute approximate surface area is 98.6 Å². The van der Waals surface area contributed by atoms with Gasteiger partial charge in [0, 0.05) is 12.6 Å². The Morgan fingerprint density at radius 2 is 2.19 bits per heavy atom. The lowest BCUT2D eigenvalue weighted by Crippen LogP contribution is -2.37. The predicted molar refractivity (Wildman–Crippen MR) is 67.2 cm³/mol. The van der Waals surface area contributed by atoms with Gasteiger partial charge >= 0.3 is 0 Å². The number of nitrogens with zero attached hydrogens (tertiary/aromatic N) is 1. The minimum Gasteiger partial charge on any atom is -0.468 e. The summed E-state index contributed by atoms with van der Waals surface area (Å²) < 4.78 is 5.37. The first-order chi connectivity index (χ1) is 7.76. The number of rotatable bonds is 8. The summed E-state index contributed by atoms with van der Waals surface area (Å²) in [5.41, 5.74) is 6.07. The second-order valence-electron chi connectivity index (χ2n) is 4.36. The second-order valence-corrected chi connectivity index (χ2v) is 4.36. The molecule has 3 nitrogen and oxygen atoms in total. The van der Waals surface area contributed by atoms with Crippen molar-refractivity contribution in [1.82, 2.24) is 4.90 Å². The molecule has 3 heteroatoms. The molecule has 1 heterocycles. The fourth-order valence-corrected chi connectivity index (χ4v) is 1.97. The molecule has 1 atom stereocenters. The molecule has 0 bridgehead atoms. The standard InChI is InChI=1S/C13H24N2O/c1-3-6-12(14)10-15(8-4-2)11-13-7-5-9-16-13/h5,7,9,12H,3-4,6,8,10-11,14H2,1-2H3/t12-/m1/s1. The molecule has 0 fully saturated rings. The van der Waals surface area contributed by atoms with Gasteiger partial charge < -0.3 is 10.2 Å². The molecule has 0 aliphatic heterocycles. The summed E-state index contributed by atoms with van der Waals surface area (Å²) in [6, 6.07) is 4.24. The molecule has 0 aliphatic rings. The van der Waals surface area contributed by atoms with E-state index in [4.69, 9.17) is 10.2 Å². The molecular formula is C13H24N2O. The van der Waals surface area contributed by atoms with Gasteiger partial charge in [0.1, 0.15) is 5.76 Å². The van der Waals surface area contributed by atoms with Crippen LogP contribution < -0.4 is 5.73 Å². The largest absolute Gasteiger partial charge is 0.468 e. The fourth-order valence-electron chi connectivity index (χ4n) is 1.97. The van der Waals surface area contributed by atoms with Crippen LogP contribution in [0, 0.1) is 0 Å². The van der Waals surface area contributed by atoms with Crippen molar-refractivity contribution in [3.8, 4) is 0 Å². The van der Waals surface area contributed by atoms with Crippen molar-refractivity contribution in [2.45, 2.75) is 45.7 Å². The molecule has 0 amide bonds. The maximum Gasteiger partial charge on any atom is 0.117 e. The minimum atomic E-state index is 0.284. The summed E-state index contributed by atoms with van der Waals surface area (Å²) in [5, 5.41) is 0. The van der Waals surface area contributed by atoms with Gasteiger partial charge in [0.15, 0.2) is 0 Å². The third-order valence-corrected chi connectivity index (χ3v) is 2.65. The first-order valence-electron chi connectivity index (χ1n) is 6.26. The van der Waals surface area contributed by atoms with Crippen LogP contribution in [-0.2, 0) is 6.54 Å². The highest BCUT2D eigenvalue weighted by atomic mass is 16.3. The summed E-state index contributed by atoms with van der Waals surface area (Å²) in [6.07, 6.45) is 5.13. The van der Waals surface area contributed by atoms with Crippen LogP contribution in [-0.4, -0.2) is 24.0 Å². The van der Waals surface area contributed by atoms with Crippen molar-refractivity contribution in [2.75, 3.05) is 13.1 Å². The van der Waals surface area contributed by atoms with E-state index in [0.29, 0.717) is 0 Å². The number of furan rings is 1. The van der Waals surface area contributed by atoms with Crippen LogP contribution in [0.5, 0.6) is 0 Å². The topological polar surface area (TPSA) is 42.4 Å². The quantitative estimate of drug-likeness (QED) is 0.738. The van der Waals surface area contributed by atoms with E-state index in [0.717, 1.165) is 44.7 Å². The van der Waals surface area contributed by atoms with Gasteiger partial charge in [-0.15, -0.1) is 0 Å². The van der Waals surface area contributed by atoms with Crippen molar-refractivity contribution in [2.24, 2.45) is 5.73 Å². The van der Waals surface area contributed by atoms with Crippen molar-refractivity contribution in [3.05, 3.63) is 24.2 Å². The monoisotopic (exact) mass is 224 g/mol. The minimum absolute atomic E-state index is 0.284. The molecule has 0 saturated carbocycles. The molecule has 1 rings (SSSR count). The third-order valence-electron chi connectivity index (χ3n) is 2.65. The van der Waals surface area contributed by atoms with Gasteiger partial charge in [0.05, 0.1) is 12.8 Å². The van der Waals surface area contributed by atoms with Gasteiger partial charge in [-0.3, -0.25) is 4.90 Å². The maximum atomic E-state index is 6.07. The average molecular weight is 224 g/mol. The molecule has 0 saturated heterocycles. The Balaban J connectivity index is 2.40. The number of hydrogen-bond acceptors (Lipinski definition) is 3. The van der Waals surface area contributed by atoms with Crippen LogP contribution in [0.15, 0.2) is 22.8 Å². The van der Waals surface area contributed by atoms with E-state index >= 15 is 0 Å². The van der Waals surface area contributed by atoms with Crippen molar-refractivity contribution in [1.29, 1.82) is 0 Å². The molecule has 1 aromatic heterocycles. The highest BCUT2D eigenvalue weighted by molar-refractivity contribution is 4.98. The highest BCUT2D eigenvalue weighted by Gasteiger charge is 2.11. The van der Waals surface area contributed by atoms with Crippen LogP contribution in [0.1, 0.15) is 38.9 Å². The smallest absolute Gasteiger partial charge is 0.117 e. The van der Waals surface area contributed by atoms with E-state index in [-0.39, 0.29) is 6.04 Å². The van der Waals surface area contributed by atoms with E-state index in [1.165, 1.54) is 0 Å². The molecule has 1 aromatic rings. The molecule has 0 aromatic carbocycles. The average Bonchev–Trinajstić information content (AvgIpc) is 2.71. The van der Waals surface area contributed by atoms with Crippen LogP contribution in [0.25, 0.3) is 0 Å². The maximum absolute atomic E-state index is 6.07. The first-order valence-corrected chi connectivity index (χ1v) is 6.26. The Hall–Kier alpha value is -0.800. The zero-order chi connectivity index (χ0) is 11.8. The molecule has 92 valence electrons. The van der Waals surface area contributed by atoms with Crippen LogP contribution >= 0.6 is 0 Å². The molecule has 2 N–H and O–H groups in total. The van der Waals surface area contributed by atoms with Gasteiger partial charge in [0.2, 0.25) is 0 Å². The summed E-state index contributed by atoms with van der Waals surface area (Å²) in [6.45, 7) is 7.29. The molecule has 0 spiro atoms. The van der Waals surface area contributed by atoms with Crippen LogP contribution in [0.3, 0.4) is 0 Å². The summed E-state index contributed by atoms with van der Waals surface area (Å²) in [5.74, 6) is 1.03. The fraction of sp³-hybridized carbons (Fsp3) is 0.692. The normalized spacial score (nSPS) is 13.2. The lowest BCUT2D eigenvalue weighted by Gasteiger charge is -2.24. The first kappa shape index (κ1) is 13.3. The van der Waals surface area contributed by atoms with E-state index < -0.39 is 0 Å². The van der Waals surface area contributed by atoms with E-state index in [1.807, 2.05) is 12.1 Å². The summed E-state index contributed by atoms with van der Waals surface area (Å²) >= 11 is 0. The van der Waals surface area contributed by atoms with Gasteiger partial charge in [-0.05, 0) is 31.5 Å².